The van der Waals surface area contributed by atoms with Crippen LogP contribution in [0.1, 0.15) is 22.4 Å². The third-order valence-electron chi connectivity index (χ3n) is 3.00. The molecule has 0 aliphatic rings. The van der Waals surface area contributed by atoms with Gasteiger partial charge in [-0.2, -0.15) is 0 Å². The van der Waals surface area contributed by atoms with E-state index >= 15 is 0 Å². The molecular weight excluding hydrogens is 307 g/mol. The number of pyridine rings is 1. The predicted molar refractivity (Wildman–Crippen MR) is 91.8 cm³/mol. The van der Waals surface area contributed by atoms with Crippen molar-refractivity contribution in [1.82, 2.24) is 9.88 Å². The van der Waals surface area contributed by atoms with Crippen molar-refractivity contribution in [1.29, 1.82) is 0 Å². The van der Waals surface area contributed by atoms with Crippen LogP contribution in [0.25, 0.3) is 0 Å². The quantitative estimate of drug-likeness (QED) is 0.931. The maximum absolute atomic E-state index is 9.97. The van der Waals surface area contributed by atoms with Gasteiger partial charge >= 0.3 is 0 Å². The molecule has 2 rings (SSSR count). The summed E-state index contributed by atoms with van der Waals surface area (Å²) in [7, 11) is 3.92. The first-order valence-electron chi connectivity index (χ1n) is 6.41. The fourth-order valence-electron chi connectivity index (χ4n) is 1.98. The van der Waals surface area contributed by atoms with Crippen molar-refractivity contribution in [2.75, 3.05) is 14.1 Å². The van der Waals surface area contributed by atoms with Crippen LogP contribution in [0.5, 0.6) is 5.75 Å². The monoisotopic (exact) mass is 328 g/mol. The van der Waals surface area contributed by atoms with Crippen molar-refractivity contribution in [3.63, 3.8) is 0 Å². The highest BCUT2D eigenvalue weighted by molar-refractivity contribution is 5.85. The lowest BCUT2D eigenvalue weighted by Gasteiger charge is -2.11. The fourth-order valence-corrected chi connectivity index (χ4v) is 1.98. The topological polar surface area (TPSA) is 36.4 Å². The molecule has 0 bridgehead atoms. The molecule has 21 heavy (non-hydrogen) atoms. The predicted octanol–water partition coefficient (Wildman–Crippen LogP) is 3.59. The van der Waals surface area contributed by atoms with Gasteiger partial charge in [0.1, 0.15) is 5.75 Å². The van der Waals surface area contributed by atoms with Crippen LogP contribution in [0.15, 0.2) is 36.5 Å². The van der Waals surface area contributed by atoms with E-state index in [0.29, 0.717) is 6.54 Å². The van der Waals surface area contributed by atoms with Crippen molar-refractivity contribution in [2.45, 2.75) is 19.9 Å². The van der Waals surface area contributed by atoms with Crippen molar-refractivity contribution in [3.05, 3.63) is 58.9 Å². The maximum Gasteiger partial charge on any atom is 0.138 e. The lowest BCUT2D eigenvalue weighted by atomic mass is 10.0. The lowest BCUT2D eigenvalue weighted by Crippen LogP contribution is -2.12. The number of aromatic hydroxyl groups is 1. The van der Waals surface area contributed by atoms with Gasteiger partial charge in [0.05, 0.1) is 5.69 Å². The molecule has 0 fully saturated rings. The second kappa shape index (κ2) is 8.88. The summed E-state index contributed by atoms with van der Waals surface area (Å²) >= 11 is 0. The number of benzene rings is 1. The molecule has 116 valence electrons. The van der Waals surface area contributed by atoms with Gasteiger partial charge < -0.3 is 10.0 Å². The van der Waals surface area contributed by atoms with E-state index in [1.807, 2.05) is 31.3 Å². The molecule has 0 saturated heterocycles. The number of aromatic nitrogens is 1. The highest BCUT2D eigenvalue weighted by Gasteiger charge is 2.06. The second-order valence-electron chi connectivity index (χ2n) is 5.21. The molecule has 2 aromatic rings. The Hall–Kier alpha value is -1.29. The van der Waals surface area contributed by atoms with Gasteiger partial charge in [-0.15, -0.1) is 24.8 Å². The van der Waals surface area contributed by atoms with E-state index in [0.717, 1.165) is 17.7 Å². The largest absolute Gasteiger partial charge is 0.506 e. The van der Waals surface area contributed by atoms with E-state index in [4.69, 9.17) is 0 Å². The normalized spacial score (nSPS) is 9.90. The third kappa shape index (κ3) is 5.92. The zero-order valence-electron chi connectivity index (χ0n) is 12.5. The van der Waals surface area contributed by atoms with Crippen molar-refractivity contribution in [2.24, 2.45) is 0 Å². The first-order chi connectivity index (χ1) is 9.04. The molecule has 0 atom stereocenters. The summed E-state index contributed by atoms with van der Waals surface area (Å²) in [6, 6.07) is 10.2. The molecule has 1 heterocycles. The molecule has 5 heteroatoms. The molecule has 0 radical (unpaired) electrons. The number of hydrogen-bond acceptors (Lipinski definition) is 3. The molecule has 0 amide bonds. The maximum atomic E-state index is 9.97. The molecule has 1 N–H and O–H groups in total. The number of hydrogen-bond donors (Lipinski definition) is 1. The van der Waals surface area contributed by atoms with E-state index in [9.17, 15) is 5.11 Å². The van der Waals surface area contributed by atoms with E-state index in [1.165, 1.54) is 11.1 Å². The summed E-state index contributed by atoms with van der Waals surface area (Å²) in [5.41, 5.74) is 4.24. The Morgan fingerprint density at radius 2 is 1.67 bits per heavy atom. The van der Waals surface area contributed by atoms with Crippen LogP contribution in [0, 0.1) is 6.92 Å². The molecule has 0 spiro atoms. The van der Waals surface area contributed by atoms with Crippen molar-refractivity contribution >= 4 is 24.8 Å². The smallest absolute Gasteiger partial charge is 0.138 e. The Labute approximate surface area is 138 Å². The van der Waals surface area contributed by atoms with E-state index in [1.54, 1.807) is 0 Å². The average molecular weight is 329 g/mol. The number of nitrogens with zero attached hydrogens (tertiary/aromatic N) is 2. The highest BCUT2D eigenvalue weighted by Crippen LogP contribution is 2.19. The molecule has 1 aromatic carbocycles. The summed E-state index contributed by atoms with van der Waals surface area (Å²) in [6.07, 6.45) is 2.64. The van der Waals surface area contributed by atoms with Gasteiger partial charge in [0.25, 0.3) is 0 Å². The Morgan fingerprint density at radius 1 is 1.05 bits per heavy atom. The summed E-state index contributed by atoms with van der Waals surface area (Å²) in [4.78, 5) is 6.33. The number of halogens is 2. The minimum atomic E-state index is 0. The van der Waals surface area contributed by atoms with E-state index < -0.39 is 0 Å². The Kier molecular flexibility index (Phi) is 8.33. The lowest BCUT2D eigenvalue weighted by molar-refractivity contribution is 0.378. The van der Waals surface area contributed by atoms with Crippen LogP contribution < -0.4 is 0 Å². The second-order valence-corrected chi connectivity index (χ2v) is 5.21. The van der Waals surface area contributed by atoms with E-state index in [-0.39, 0.29) is 30.6 Å². The number of aryl methyl sites for hydroxylation is 1. The number of rotatable bonds is 4. The summed E-state index contributed by atoms with van der Waals surface area (Å²) in [5, 5.41) is 9.97. The molecule has 3 nitrogen and oxygen atoms in total. The summed E-state index contributed by atoms with van der Waals surface area (Å²) in [6.45, 7) is 2.73. The first-order valence-corrected chi connectivity index (χ1v) is 6.41. The molecule has 0 unspecified atom stereocenters. The van der Waals surface area contributed by atoms with Crippen LogP contribution in [0.2, 0.25) is 0 Å². The standard InChI is InChI=1S/C16H20N2O.2ClH/c1-12-4-6-13(7-5-12)8-14-9-16(19)15(17-10-14)11-18(2)3;;/h4-7,9-10,19H,8,11H2,1-3H3;2*1H. The van der Waals surface area contributed by atoms with Gasteiger partial charge in [-0.1, -0.05) is 29.8 Å². The SMILES string of the molecule is Cc1ccc(Cc2cnc(CN(C)C)c(O)c2)cc1.Cl.Cl. The van der Waals surface area contributed by atoms with Crippen molar-refractivity contribution < 1.29 is 5.11 Å². The van der Waals surface area contributed by atoms with Crippen LogP contribution >= 0.6 is 24.8 Å². The van der Waals surface area contributed by atoms with Gasteiger partial charge in [-0.05, 0) is 44.6 Å². The fraction of sp³-hybridized carbons (Fsp3) is 0.312. The molecule has 0 saturated carbocycles. The van der Waals surface area contributed by atoms with Gasteiger partial charge in [-0.3, -0.25) is 4.98 Å². The molecule has 1 aromatic heterocycles. The highest BCUT2D eigenvalue weighted by atomic mass is 35.5. The minimum Gasteiger partial charge on any atom is -0.506 e. The van der Waals surface area contributed by atoms with Crippen LogP contribution in [-0.2, 0) is 13.0 Å². The zero-order valence-corrected chi connectivity index (χ0v) is 14.2. The van der Waals surface area contributed by atoms with Crippen LogP contribution in [0.4, 0.5) is 0 Å². The summed E-state index contributed by atoms with van der Waals surface area (Å²) < 4.78 is 0. The Bertz CT molecular complexity index is 557. The molecule has 0 aliphatic carbocycles. The minimum absolute atomic E-state index is 0. The zero-order chi connectivity index (χ0) is 13.8. The van der Waals surface area contributed by atoms with E-state index in [2.05, 4.69) is 36.2 Å². The Balaban J connectivity index is 0.00000200. The average Bonchev–Trinajstić information content (AvgIpc) is 2.35. The van der Waals surface area contributed by atoms with Crippen molar-refractivity contribution in [3.8, 4) is 5.75 Å². The summed E-state index contributed by atoms with van der Waals surface area (Å²) in [5.74, 6) is 0.276. The van der Waals surface area contributed by atoms with Gasteiger partial charge in [0.15, 0.2) is 0 Å². The first kappa shape index (κ1) is 19.7. The van der Waals surface area contributed by atoms with Crippen LogP contribution in [0.3, 0.4) is 0 Å². The van der Waals surface area contributed by atoms with Crippen LogP contribution in [-0.4, -0.2) is 29.1 Å². The molecule has 0 aliphatic heterocycles. The Morgan fingerprint density at radius 3 is 2.19 bits per heavy atom. The third-order valence-corrected chi connectivity index (χ3v) is 3.00. The van der Waals surface area contributed by atoms with Gasteiger partial charge in [0.2, 0.25) is 0 Å². The van der Waals surface area contributed by atoms with Gasteiger partial charge in [-0.25, -0.2) is 0 Å². The van der Waals surface area contributed by atoms with Gasteiger partial charge in [0, 0.05) is 12.7 Å². The molecular formula is C16H22Cl2N2O.